The summed E-state index contributed by atoms with van der Waals surface area (Å²) in [6, 6.07) is 1.79. The van der Waals surface area contributed by atoms with Gasteiger partial charge < -0.3 is 4.57 Å². The Hall–Kier alpha value is -1.14. The number of nitrogens with zero attached hydrogens (tertiary/aromatic N) is 1. The van der Waals surface area contributed by atoms with E-state index in [-0.39, 0.29) is 0 Å². The number of aromatic nitrogens is 1. The SMILES string of the molecule is Cc1cc(C=O)c(C)n1CCNS(C)(=O)=O. The lowest BCUT2D eigenvalue weighted by Gasteiger charge is -2.09. The summed E-state index contributed by atoms with van der Waals surface area (Å²) in [4.78, 5) is 10.7. The lowest BCUT2D eigenvalue weighted by atomic mass is 10.3. The van der Waals surface area contributed by atoms with Crippen molar-refractivity contribution in [2.75, 3.05) is 12.8 Å². The molecule has 0 spiro atoms. The minimum Gasteiger partial charge on any atom is -0.347 e. The van der Waals surface area contributed by atoms with Crippen molar-refractivity contribution in [3.63, 3.8) is 0 Å². The summed E-state index contributed by atoms with van der Waals surface area (Å²) in [5.74, 6) is 0. The minimum atomic E-state index is -3.15. The normalized spacial score (nSPS) is 11.7. The standard InChI is InChI=1S/C10H16N2O3S/c1-8-6-10(7-13)9(2)12(8)5-4-11-16(3,14)15/h6-7,11H,4-5H2,1-3H3. The van der Waals surface area contributed by atoms with Crippen molar-refractivity contribution >= 4 is 16.3 Å². The van der Waals surface area contributed by atoms with E-state index >= 15 is 0 Å². The monoisotopic (exact) mass is 244 g/mol. The number of hydrogen-bond donors (Lipinski definition) is 1. The van der Waals surface area contributed by atoms with Gasteiger partial charge in [-0.25, -0.2) is 13.1 Å². The van der Waals surface area contributed by atoms with E-state index in [1.165, 1.54) is 0 Å². The molecular formula is C10H16N2O3S. The number of carbonyl (C=O) groups excluding carboxylic acids is 1. The van der Waals surface area contributed by atoms with Crippen LogP contribution in [-0.4, -0.2) is 32.1 Å². The predicted molar refractivity (Wildman–Crippen MR) is 62.1 cm³/mol. The highest BCUT2D eigenvalue weighted by atomic mass is 32.2. The molecule has 90 valence electrons. The van der Waals surface area contributed by atoms with Crippen LogP contribution in [0, 0.1) is 13.8 Å². The van der Waals surface area contributed by atoms with Gasteiger partial charge in [-0.3, -0.25) is 4.79 Å². The van der Waals surface area contributed by atoms with Crippen molar-refractivity contribution in [1.82, 2.24) is 9.29 Å². The second kappa shape index (κ2) is 4.80. The molecule has 0 unspecified atom stereocenters. The van der Waals surface area contributed by atoms with E-state index in [1.54, 1.807) is 6.07 Å². The van der Waals surface area contributed by atoms with E-state index in [0.29, 0.717) is 18.7 Å². The molecule has 16 heavy (non-hydrogen) atoms. The Morgan fingerprint density at radius 3 is 2.50 bits per heavy atom. The number of nitrogens with one attached hydrogen (secondary N) is 1. The summed E-state index contributed by atoms with van der Waals surface area (Å²) in [6.45, 7) is 4.59. The Bertz CT molecular complexity index is 488. The molecule has 1 aromatic heterocycles. The smallest absolute Gasteiger partial charge is 0.208 e. The van der Waals surface area contributed by atoms with Gasteiger partial charge in [0.25, 0.3) is 0 Å². The highest BCUT2D eigenvalue weighted by molar-refractivity contribution is 7.88. The third-order valence-corrected chi connectivity index (χ3v) is 3.17. The third-order valence-electron chi connectivity index (χ3n) is 2.44. The first-order valence-electron chi connectivity index (χ1n) is 4.91. The lowest BCUT2D eigenvalue weighted by Crippen LogP contribution is -2.26. The Balaban J connectivity index is 2.74. The molecule has 1 rings (SSSR count). The van der Waals surface area contributed by atoms with Gasteiger partial charge in [-0.05, 0) is 19.9 Å². The average molecular weight is 244 g/mol. The van der Waals surface area contributed by atoms with Gasteiger partial charge in [0, 0.05) is 30.0 Å². The largest absolute Gasteiger partial charge is 0.347 e. The second-order valence-corrected chi connectivity index (χ2v) is 5.60. The minimum absolute atomic E-state index is 0.327. The maximum Gasteiger partial charge on any atom is 0.208 e. The number of aldehydes is 1. The van der Waals surface area contributed by atoms with Gasteiger partial charge in [-0.2, -0.15) is 0 Å². The van der Waals surface area contributed by atoms with Gasteiger partial charge in [0.05, 0.1) is 6.26 Å². The molecule has 0 saturated heterocycles. The Kier molecular flexibility index (Phi) is 3.88. The first-order chi connectivity index (χ1) is 7.35. The number of carbonyl (C=O) groups is 1. The van der Waals surface area contributed by atoms with Crippen LogP contribution in [0.25, 0.3) is 0 Å². The summed E-state index contributed by atoms with van der Waals surface area (Å²) in [6.07, 6.45) is 1.93. The summed E-state index contributed by atoms with van der Waals surface area (Å²) < 4.78 is 26.1. The number of hydrogen-bond acceptors (Lipinski definition) is 3. The molecule has 1 aromatic rings. The fourth-order valence-electron chi connectivity index (χ4n) is 1.63. The zero-order valence-electron chi connectivity index (χ0n) is 9.65. The Morgan fingerprint density at radius 1 is 1.44 bits per heavy atom. The second-order valence-electron chi connectivity index (χ2n) is 3.76. The zero-order valence-corrected chi connectivity index (χ0v) is 10.5. The van der Waals surface area contributed by atoms with Crippen LogP contribution in [0.15, 0.2) is 6.07 Å². The zero-order chi connectivity index (χ0) is 12.3. The summed E-state index contributed by atoms with van der Waals surface area (Å²) in [7, 11) is -3.15. The Labute approximate surface area is 95.5 Å². The van der Waals surface area contributed by atoms with Gasteiger partial charge in [0.1, 0.15) is 0 Å². The molecule has 5 nitrogen and oxygen atoms in total. The van der Waals surface area contributed by atoms with E-state index < -0.39 is 10.0 Å². The summed E-state index contributed by atoms with van der Waals surface area (Å²) in [5, 5.41) is 0. The summed E-state index contributed by atoms with van der Waals surface area (Å²) >= 11 is 0. The first kappa shape index (κ1) is 12.9. The molecule has 0 aromatic carbocycles. The Morgan fingerprint density at radius 2 is 2.06 bits per heavy atom. The molecule has 0 aliphatic heterocycles. The van der Waals surface area contributed by atoms with Crippen LogP contribution in [-0.2, 0) is 16.6 Å². The predicted octanol–water partition coefficient (Wildman–Crippen LogP) is 0.467. The molecule has 0 fully saturated rings. The van der Waals surface area contributed by atoms with Crippen LogP contribution in [0.4, 0.5) is 0 Å². The van der Waals surface area contributed by atoms with Crippen LogP contribution in [0.3, 0.4) is 0 Å². The van der Waals surface area contributed by atoms with Crippen molar-refractivity contribution < 1.29 is 13.2 Å². The fraction of sp³-hybridized carbons (Fsp3) is 0.500. The number of rotatable bonds is 5. The highest BCUT2D eigenvalue weighted by Gasteiger charge is 2.08. The quantitative estimate of drug-likeness (QED) is 0.765. The van der Waals surface area contributed by atoms with Crippen molar-refractivity contribution in [3.8, 4) is 0 Å². The lowest BCUT2D eigenvalue weighted by molar-refractivity contribution is 0.112. The molecule has 0 aliphatic rings. The number of sulfonamides is 1. The van der Waals surface area contributed by atoms with Crippen molar-refractivity contribution in [2.45, 2.75) is 20.4 Å². The van der Waals surface area contributed by atoms with Crippen LogP contribution >= 0.6 is 0 Å². The number of aryl methyl sites for hydroxylation is 1. The molecule has 0 bridgehead atoms. The van der Waals surface area contributed by atoms with E-state index in [4.69, 9.17) is 0 Å². The molecule has 1 heterocycles. The van der Waals surface area contributed by atoms with Crippen molar-refractivity contribution in [1.29, 1.82) is 0 Å². The van der Waals surface area contributed by atoms with Gasteiger partial charge in [0.2, 0.25) is 10.0 Å². The average Bonchev–Trinajstić information content (AvgIpc) is 2.42. The fourth-order valence-corrected chi connectivity index (χ4v) is 2.10. The maximum atomic E-state index is 10.9. The molecule has 1 N–H and O–H groups in total. The van der Waals surface area contributed by atoms with E-state index in [1.807, 2.05) is 18.4 Å². The van der Waals surface area contributed by atoms with Crippen molar-refractivity contribution in [2.24, 2.45) is 0 Å². The molecule has 0 radical (unpaired) electrons. The van der Waals surface area contributed by atoms with Gasteiger partial charge in [0.15, 0.2) is 6.29 Å². The molecule has 6 heteroatoms. The van der Waals surface area contributed by atoms with Gasteiger partial charge in [-0.1, -0.05) is 0 Å². The van der Waals surface area contributed by atoms with Gasteiger partial charge in [-0.15, -0.1) is 0 Å². The molecule has 0 aliphatic carbocycles. The van der Waals surface area contributed by atoms with Crippen molar-refractivity contribution in [3.05, 3.63) is 23.0 Å². The van der Waals surface area contributed by atoms with Crippen LogP contribution in [0.2, 0.25) is 0 Å². The highest BCUT2D eigenvalue weighted by Crippen LogP contribution is 2.12. The topological polar surface area (TPSA) is 68.2 Å². The van der Waals surface area contributed by atoms with E-state index in [2.05, 4.69) is 4.72 Å². The summed E-state index contributed by atoms with van der Waals surface area (Å²) in [5.41, 5.74) is 2.47. The van der Waals surface area contributed by atoms with E-state index in [9.17, 15) is 13.2 Å². The van der Waals surface area contributed by atoms with Gasteiger partial charge >= 0.3 is 0 Å². The molecular weight excluding hydrogens is 228 g/mol. The third kappa shape index (κ3) is 3.18. The first-order valence-corrected chi connectivity index (χ1v) is 6.81. The van der Waals surface area contributed by atoms with E-state index in [0.717, 1.165) is 23.9 Å². The molecule has 0 amide bonds. The van der Waals surface area contributed by atoms with Crippen LogP contribution in [0.5, 0.6) is 0 Å². The maximum absolute atomic E-state index is 10.9. The molecule has 0 saturated carbocycles. The molecule has 0 atom stereocenters. The van der Waals surface area contributed by atoms with Crippen LogP contribution in [0.1, 0.15) is 21.7 Å². The van der Waals surface area contributed by atoms with Crippen LogP contribution < -0.4 is 4.72 Å².